The number of nitrogens with zero attached hydrogens (tertiary/aromatic N) is 1. The summed E-state index contributed by atoms with van der Waals surface area (Å²) >= 11 is 0. The van der Waals surface area contributed by atoms with Crippen molar-refractivity contribution in [3.63, 3.8) is 0 Å². The average molecular weight is 384 g/mol. The maximum atomic E-state index is 12.5. The topological polar surface area (TPSA) is 114 Å². The van der Waals surface area contributed by atoms with Crippen molar-refractivity contribution in [1.29, 1.82) is 0 Å². The van der Waals surface area contributed by atoms with Crippen LogP contribution in [0.1, 0.15) is 17.3 Å². The van der Waals surface area contributed by atoms with Crippen LogP contribution < -0.4 is 15.5 Å². The van der Waals surface area contributed by atoms with Gasteiger partial charge >= 0.3 is 12.1 Å². The number of amides is 4. The second-order valence-corrected chi connectivity index (χ2v) is 5.18. The highest BCUT2D eigenvalue weighted by Gasteiger charge is 2.26. The van der Waals surface area contributed by atoms with Gasteiger partial charge in [-0.05, 0) is 37.3 Å². The molecule has 2 N–H and O–H groups in total. The van der Waals surface area contributed by atoms with Gasteiger partial charge in [-0.25, -0.2) is 9.59 Å². The van der Waals surface area contributed by atoms with E-state index in [0.717, 1.165) is 6.54 Å². The van der Waals surface area contributed by atoms with Gasteiger partial charge in [-0.15, -0.1) is 0 Å². The van der Waals surface area contributed by atoms with Crippen molar-refractivity contribution in [2.75, 3.05) is 11.9 Å². The van der Waals surface area contributed by atoms with E-state index in [9.17, 15) is 19.2 Å². The Morgan fingerprint density at radius 3 is 2.50 bits per heavy atom. The molecule has 2 rings (SSSR count). The van der Waals surface area contributed by atoms with E-state index < -0.39 is 18.0 Å². The monoisotopic (exact) mass is 384 g/mol. The minimum atomic E-state index is -1.00. The molecule has 9 heteroatoms. The van der Waals surface area contributed by atoms with Gasteiger partial charge in [0.2, 0.25) is 0 Å². The molecule has 9 nitrogen and oxygen atoms in total. The van der Waals surface area contributed by atoms with Crippen LogP contribution in [0.3, 0.4) is 0 Å². The molecule has 0 saturated heterocycles. The van der Waals surface area contributed by atoms with E-state index in [-0.39, 0.29) is 23.6 Å². The number of aldehydes is 1. The molecule has 0 aliphatic rings. The van der Waals surface area contributed by atoms with Crippen molar-refractivity contribution in [3.8, 4) is 5.75 Å². The number of rotatable bonds is 7. The van der Waals surface area contributed by atoms with E-state index in [2.05, 4.69) is 10.6 Å². The molecular formula is C19H18N3O6. The fourth-order valence-corrected chi connectivity index (χ4v) is 2.04. The number of urea groups is 1. The lowest BCUT2D eigenvalue weighted by Gasteiger charge is -2.20. The third-order valence-electron chi connectivity index (χ3n) is 3.22. The van der Waals surface area contributed by atoms with Crippen LogP contribution in [0.25, 0.3) is 0 Å². The van der Waals surface area contributed by atoms with Crippen LogP contribution in [0.5, 0.6) is 5.75 Å². The zero-order valence-corrected chi connectivity index (χ0v) is 15.0. The van der Waals surface area contributed by atoms with Crippen LogP contribution in [-0.2, 0) is 9.53 Å². The van der Waals surface area contributed by atoms with Gasteiger partial charge in [-0.1, -0.05) is 29.3 Å². The van der Waals surface area contributed by atoms with Gasteiger partial charge in [0.25, 0.3) is 5.91 Å². The number of imide groups is 1. The molecule has 0 saturated carbocycles. The van der Waals surface area contributed by atoms with E-state index in [4.69, 9.17) is 9.57 Å². The summed E-state index contributed by atoms with van der Waals surface area (Å²) in [7, 11) is 0. The number of carbonyl (C=O) groups is 4. The predicted molar refractivity (Wildman–Crippen MR) is 99.2 cm³/mol. The number of para-hydroxylation sites is 1. The first-order chi connectivity index (χ1) is 13.5. The van der Waals surface area contributed by atoms with Crippen molar-refractivity contribution < 1.29 is 28.8 Å². The van der Waals surface area contributed by atoms with Crippen LogP contribution in [0, 0.1) is 6.54 Å². The third-order valence-corrected chi connectivity index (χ3v) is 3.22. The molecule has 145 valence electrons. The molecule has 0 aromatic heterocycles. The minimum absolute atomic E-state index is 0.0453. The molecule has 4 amide bonds. The van der Waals surface area contributed by atoms with E-state index in [1.54, 1.807) is 37.3 Å². The molecule has 0 unspecified atom stereocenters. The van der Waals surface area contributed by atoms with Gasteiger partial charge in [0.05, 0.1) is 6.61 Å². The smallest absolute Gasteiger partial charge is 0.447 e. The Bertz CT molecular complexity index is 841. The molecule has 1 radical (unpaired) electrons. The summed E-state index contributed by atoms with van der Waals surface area (Å²) in [5.74, 6) is -0.283. The molecule has 0 spiro atoms. The molecule has 0 atom stereocenters. The Kier molecular flexibility index (Phi) is 7.53. The van der Waals surface area contributed by atoms with Crippen molar-refractivity contribution in [2.45, 2.75) is 6.92 Å². The van der Waals surface area contributed by atoms with E-state index in [1.165, 1.54) is 24.3 Å². The fourth-order valence-electron chi connectivity index (χ4n) is 2.04. The lowest BCUT2D eigenvalue weighted by Crippen LogP contribution is -2.42. The van der Waals surface area contributed by atoms with Gasteiger partial charge in [-0.2, -0.15) is 0 Å². The van der Waals surface area contributed by atoms with Crippen LogP contribution in [0.4, 0.5) is 15.3 Å². The van der Waals surface area contributed by atoms with E-state index in [1.807, 2.05) is 0 Å². The summed E-state index contributed by atoms with van der Waals surface area (Å²) in [5, 5.41) is 5.16. The van der Waals surface area contributed by atoms with Gasteiger partial charge in [-0.3, -0.25) is 4.79 Å². The highest BCUT2D eigenvalue weighted by molar-refractivity contribution is 6.00. The standard InChI is InChI=1S/C19H18N3O6/c1-2-27-19(26)22(28-16-9-4-3-5-10-16)18(25)21-15-8-6-7-14(13-15)17(24)20-11-12-23/h3-13H,2H2,1H3,(H,20,24)(H,21,25). The highest BCUT2D eigenvalue weighted by atomic mass is 16.7. The predicted octanol–water partition coefficient (Wildman–Crippen LogP) is 2.76. The molecular weight excluding hydrogens is 366 g/mol. The second-order valence-electron chi connectivity index (χ2n) is 5.18. The molecule has 0 bridgehead atoms. The third kappa shape index (κ3) is 5.84. The number of anilines is 1. The van der Waals surface area contributed by atoms with Gasteiger partial charge in [0, 0.05) is 11.3 Å². The summed E-state index contributed by atoms with van der Waals surface area (Å²) < 4.78 is 4.84. The van der Waals surface area contributed by atoms with Crippen molar-refractivity contribution in [2.24, 2.45) is 0 Å². The number of ether oxygens (including phenoxy) is 1. The normalized spacial score (nSPS) is 9.75. The lowest BCUT2D eigenvalue weighted by atomic mass is 10.2. The Hall–Kier alpha value is -3.88. The summed E-state index contributed by atoms with van der Waals surface area (Å²) in [6, 6.07) is 13.2. The number of hydroxylamine groups is 2. The number of hydrogen-bond acceptors (Lipinski definition) is 6. The Morgan fingerprint density at radius 1 is 1.07 bits per heavy atom. The fraction of sp³-hybridized carbons (Fsp3) is 0.105. The molecule has 0 fully saturated rings. The lowest BCUT2D eigenvalue weighted by molar-refractivity contribution is -0.105. The van der Waals surface area contributed by atoms with E-state index in [0.29, 0.717) is 11.3 Å². The molecule has 0 aliphatic carbocycles. The van der Waals surface area contributed by atoms with E-state index >= 15 is 0 Å². The molecule has 28 heavy (non-hydrogen) atoms. The number of carbonyl (C=O) groups excluding carboxylic acids is 4. The summed E-state index contributed by atoms with van der Waals surface area (Å²) in [6.07, 6.45) is -0.569. The maximum Gasteiger partial charge on any atom is 0.452 e. The molecule has 0 aliphatic heterocycles. The molecule has 2 aromatic carbocycles. The quantitative estimate of drug-likeness (QED) is 0.560. The number of nitrogens with one attached hydrogen (secondary N) is 2. The van der Waals surface area contributed by atoms with Crippen LogP contribution in [0.15, 0.2) is 54.6 Å². The van der Waals surface area contributed by atoms with Crippen LogP contribution in [-0.4, -0.2) is 36.0 Å². The van der Waals surface area contributed by atoms with Gasteiger partial charge in [0.15, 0.2) is 5.75 Å². The average Bonchev–Trinajstić information content (AvgIpc) is 2.71. The largest absolute Gasteiger partial charge is 0.452 e. The van der Waals surface area contributed by atoms with Gasteiger partial charge in [0.1, 0.15) is 12.8 Å². The molecule has 2 aromatic rings. The summed E-state index contributed by atoms with van der Waals surface area (Å²) in [6.45, 7) is 2.59. The summed E-state index contributed by atoms with van der Waals surface area (Å²) in [5.41, 5.74) is 0.428. The molecule has 0 heterocycles. The Labute approximate surface area is 161 Å². The van der Waals surface area contributed by atoms with Crippen molar-refractivity contribution in [1.82, 2.24) is 10.4 Å². The zero-order valence-electron chi connectivity index (χ0n) is 15.0. The first-order valence-corrected chi connectivity index (χ1v) is 8.24. The van der Waals surface area contributed by atoms with Crippen molar-refractivity contribution in [3.05, 3.63) is 66.7 Å². The Balaban J connectivity index is 2.15. The number of benzene rings is 2. The first-order valence-electron chi connectivity index (χ1n) is 8.24. The zero-order chi connectivity index (χ0) is 20.4. The maximum absolute atomic E-state index is 12.5. The Morgan fingerprint density at radius 2 is 1.82 bits per heavy atom. The second kappa shape index (κ2) is 10.3. The number of hydrogen-bond donors (Lipinski definition) is 2. The SMILES string of the molecule is CCOC(=O)N(Oc1ccccc1)C(=O)Nc1cccc(C(=O)N[CH]C=O)c1. The first kappa shape index (κ1) is 20.4. The summed E-state index contributed by atoms with van der Waals surface area (Å²) in [4.78, 5) is 52.1. The van der Waals surface area contributed by atoms with Gasteiger partial charge < -0.3 is 25.0 Å². The van der Waals surface area contributed by atoms with Crippen molar-refractivity contribution >= 4 is 30.0 Å². The minimum Gasteiger partial charge on any atom is -0.447 e. The van der Waals surface area contributed by atoms with Crippen LogP contribution in [0.2, 0.25) is 0 Å². The highest BCUT2D eigenvalue weighted by Crippen LogP contribution is 2.15. The van der Waals surface area contributed by atoms with Crippen LogP contribution >= 0.6 is 0 Å².